The summed E-state index contributed by atoms with van der Waals surface area (Å²) < 4.78 is 6.01. The van der Waals surface area contributed by atoms with Crippen molar-refractivity contribution in [1.29, 1.82) is 0 Å². The molecule has 118 valence electrons. The van der Waals surface area contributed by atoms with E-state index in [1.54, 1.807) is 9.80 Å². The Balaban J connectivity index is 1.41. The molecule has 0 amide bonds. The van der Waals surface area contributed by atoms with Gasteiger partial charge in [-0.1, -0.05) is 36.4 Å². The Morgan fingerprint density at radius 3 is 2.55 bits per heavy atom. The van der Waals surface area contributed by atoms with Crippen LogP contribution in [-0.2, 0) is 0 Å². The van der Waals surface area contributed by atoms with E-state index < -0.39 is 0 Å². The summed E-state index contributed by atoms with van der Waals surface area (Å²) in [5, 5.41) is 2.47. The Morgan fingerprint density at radius 2 is 1.68 bits per heavy atom. The minimum atomic E-state index is 0.826. The van der Waals surface area contributed by atoms with Crippen molar-refractivity contribution in [3.63, 3.8) is 0 Å². The van der Waals surface area contributed by atoms with E-state index in [1.807, 2.05) is 0 Å². The highest BCUT2D eigenvalue weighted by Crippen LogP contribution is 2.25. The molecule has 0 bridgehead atoms. The zero-order chi connectivity index (χ0) is 15.2. The maximum atomic E-state index is 6.01. The van der Waals surface area contributed by atoms with Crippen molar-refractivity contribution in [2.24, 2.45) is 0 Å². The second-order valence-electron chi connectivity index (χ2n) is 6.49. The molecule has 0 radical (unpaired) electrons. The first kappa shape index (κ1) is 15.3. The highest BCUT2D eigenvalue weighted by atomic mass is 16.5. The lowest BCUT2D eigenvalue weighted by molar-refractivity contribution is -1.00. The summed E-state index contributed by atoms with van der Waals surface area (Å²) in [7, 11) is 2.30. The highest BCUT2D eigenvalue weighted by Gasteiger charge is 2.18. The predicted octanol–water partition coefficient (Wildman–Crippen LogP) is 0.412. The van der Waals surface area contributed by atoms with Gasteiger partial charge in [0.2, 0.25) is 0 Å². The largest absolute Gasteiger partial charge is 0.493 e. The van der Waals surface area contributed by atoms with Crippen molar-refractivity contribution in [3.05, 3.63) is 42.5 Å². The number of hydrogen-bond donors (Lipinski definition) is 2. The first-order chi connectivity index (χ1) is 10.8. The van der Waals surface area contributed by atoms with Crippen molar-refractivity contribution in [3.8, 4) is 5.75 Å². The van der Waals surface area contributed by atoms with Crippen molar-refractivity contribution in [1.82, 2.24) is 0 Å². The fourth-order valence-electron chi connectivity index (χ4n) is 3.26. The minimum Gasteiger partial charge on any atom is -0.493 e. The van der Waals surface area contributed by atoms with E-state index in [1.165, 1.54) is 49.9 Å². The molecule has 0 aliphatic carbocycles. The molecule has 1 saturated heterocycles. The monoisotopic (exact) mass is 300 g/mol. The molecule has 1 fully saturated rings. The lowest BCUT2D eigenvalue weighted by Gasteiger charge is -2.27. The second-order valence-corrected chi connectivity index (χ2v) is 6.49. The fourth-order valence-corrected chi connectivity index (χ4v) is 3.26. The number of likely N-dealkylation sites (N-methyl/N-ethyl adjacent to an activating group) is 1. The number of quaternary nitrogens is 2. The summed E-state index contributed by atoms with van der Waals surface area (Å²) in [6, 6.07) is 14.7. The van der Waals surface area contributed by atoms with Crippen LogP contribution in [0.2, 0.25) is 0 Å². The van der Waals surface area contributed by atoms with Crippen LogP contribution in [0.1, 0.15) is 12.8 Å². The van der Waals surface area contributed by atoms with Gasteiger partial charge in [-0.25, -0.2) is 0 Å². The number of rotatable bonds is 6. The van der Waals surface area contributed by atoms with Gasteiger partial charge in [-0.2, -0.15) is 0 Å². The van der Waals surface area contributed by atoms with Crippen LogP contribution in [0.3, 0.4) is 0 Å². The average Bonchev–Trinajstić information content (AvgIpc) is 2.56. The second kappa shape index (κ2) is 7.61. The smallest absolute Gasteiger partial charge is 0.127 e. The number of unbranched alkanes of at least 4 members (excludes halogenated alkanes) is 1. The van der Waals surface area contributed by atoms with Crippen LogP contribution in [0.5, 0.6) is 5.75 Å². The summed E-state index contributed by atoms with van der Waals surface area (Å²) in [6.45, 7) is 7.42. The number of nitrogens with one attached hydrogen (secondary N) is 2. The quantitative estimate of drug-likeness (QED) is 0.740. The average molecular weight is 300 g/mol. The van der Waals surface area contributed by atoms with E-state index in [0.717, 1.165) is 18.8 Å². The van der Waals surface area contributed by atoms with Gasteiger partial charge in [0.25, 0.3) is 0 Å². The third-order valence-corrected chi connectivity index (χ3v) is 4.74. The molecule has 0 unspecified atom stereocenters. The van der Waals surface area contributed by atoms with E-state index in [2.05, 4.69) is 49.5 Å². The fraction of sp³-hybridized carbons (Fsp3) is 0.474. The van der Waals surface area contributed by atoms with Crippen molar-refractivity contribution < 1.29 is 14.5 Å². The Labute approximate surface area is 133 Å². The number of piperazine rings is 1. The summed E-state index contributed by atoms with van der Waals surface area (Å²) in [4.78, 5) is 3.46. The zero-order valence-corrected chi connectivity index (χ0v) is 13.6. The molecule has 1 aliphatic heterocycles. The maximum absolute atomic E-state index is 6.01. The third-order valence-electron chi connectivity index (χ3n) is 4.74. The molecule has 3 heteroatoms. The van der Waals surface area contributed by atoms with Crippen molar-refractivity contribution in [2.75, 3.05) is 46.4 Å². The van der Waals surface area contributed by atoms with Gasteiger partial charge < -0.3 is 14.5 Å². The van der Waals surface area contributed by atoms with E-state index in [-0.39, 0.29) is 0 Å². The molecule has 0 spiro atoms. The first-order valence-corrected chi connectivity index (χ1v) is 8.58. The SMILES string of the molecule is C[NH+]1CC[NH+](CCCCOc2cccc3ccccc23)CC1. The molecule has 2 aromatic rings. The highest BCUT2D eigenvalue weighted by molar-refractivity contribution is 5.88. The number of hydrogen-bond acceptors (Lipinski definition) is 1. The van der Waals surface area contributed by atoms with E-state index in [0.29, 0.717) is 0 Å². The Hall–Kier alpha value is -1.58. The van der Waals surface area contributed by atoms with E-state index in [4.69, 9.17) is 4.74 Å². The van der Waals surface area contributed by atoms with Gasteiger partial charge in [0, 0.05) is 5.39 Å². The van der Waals surface area contributed by atoms with Gasteiger partial charge >= 0.3 is 0 Å². The zero-order valence-electron chi connectivity index (χ0n) is 13.6. The summed E-state index contributed by atoms with van der Waals surface area (Å²) in [5.74, 6) is 1.02. The lowest BCUT2D eigenvalue weighted by Crippen LogP contribution is -3.27. The topological polar surface area (TPSA) is 18.1 Å². The summed E-state index contributed by atoms with van der Waals surface area (Å²) in [6.07, 6.45) is 2.41. The minimum absolute atomic E-state index is 0.826. The van der Waals surface area contributed by atoms with Crippen LogP contribution >= 0.6 is 0 Å². The van der Waals surface area contributed by atoms with Crippen molar-refractivity contribution >= 4 is 10.8 Å². The maximum Gasteiger partial charge on any atom is 0.127 e. The molecule has 0 saturated carbocycles. The number of benzene rings is 2. The Morgan fingerprint density at radius 1 is 0.909 bits per heavy atom. The standard InChI is InChI=1S/C19H26N2O/c1-20-12-14-21(15-13-20)11-4-5-16-22-19-10-6-8-17-7-2-3-9-18(17)19/h2-3,6-10H,4-5,11-16H2,1H3/p+2. The van der Waals surface area contributed by atoms with Crippen molar-refractivity contribution in [2.45, 2.75) is 12.8 Å². The van der Waals surface area contributed by atoms with Crippen LogP contribution < -0.4 is 14.5 Å². The van der Waals surface area contributed by atoms with Crippen LogP contribution in [0.25, 0.3) is 10.8 Å². The molecule has 0 atom stereocenters. The summed E-state index contributed by atoms with van der Waals surface area (Å²) >= 11 is 0. The molecule has 2 N–H and O–H groups in total. The Bertz CT molecular complexity index is 586. The molecular weight excluding hydrogens is 272 g/mol. The number of fused-ring (bicyclic) bond motifs is 1. The van der Waals surface area contributed by atoms with E-state index >= 15 is 0 Å². The van der Waals surface area contributed by atoms with Gasteiger partial charge in [-0.15, -0.1) is 0 Å². The van der Waals surface area contributed by atoms with Gasteiger partial charge in [-0.3, -0.25) is 0 Å². The van der Waals surface area contributed by atoms with Gasteiger partial charge in [0.1, 0.15) is 31.9 Å². The molecule has 22 heavy (non-hydrogen) atoms. The molecule has 3 nitrogen and oxygen atoms in total. The van der Waals surface area contributed by atoms with Gasteiger partial charge in [-0.05, 0) is 24.3 Å². The molecule has 2 aromatic carbocycles. The van der Waals surface area contributed by atoms with Gasteiger partial charge in [0.05, 0.1) is 20.2 Å². The molecule has 3 rings (SSSR count). The van der Waals surface area contributed by atoms with Gasteiger partial charge in [0.15, 0.2) is 0 Å². The van der Waals surface area contributed by atoms with Crippen LogP contribution in [0.15, 0.2) is 42.5 Å². The molecular formula is C19H28N2O+2. The van der Waals surface area contributed by atoms with E-state index in [9.17, 15) is 0 Å². The summed E-state index contributed by atoms with van der Waals surface area (Å²) in [5.41, 5.74) is 0. The molecule has 1 aliphatic rings. The molecule has 1 heterocycles. The van der Waals surface area contributed by atoms with Crippen LogP contribution in [0, 0.1) is 0 Å². The van der Waals surface area contributed by atoms with Crippen LogP contribution in [-0.4, -0.2) is 46.4 Å². The predicted molar refractivity (Wildman–Crippen MR) is 90.9 cm³/mol. The normalized spacial score (nSPS) is 21.9. The molecule has 0 aromatic heterocycles. The Kier molecular flexibility index (Phi) is 5.30. The third kappa shape index (κ3) is 3.99. The first-order valence-electron chi connectivity index (χ1n) is 8.58. The number of ether oxygens (including phenoxy) is 1. The van der Waals surface area contributed by atoms with Crippen LogP contribution in [0.4, 0.5) is 0 Å². The lowest BCUT2D eigenvalue weighted by atomic mass is 10.1.